The van der Waals surface area contributed by atoms with Crippen LogP contribution in [0.4, 0.5) is 4.39 Å². The highest BCUT2D eigenvalue weighted by molar-refractivity contribution is 7.99. The SMILES string of the molecule is O=C(NC1CCSCC1)c1cc(F)ccc1C#CCO. The van der Waals surface area contributed by atoms with Gasteiger partial charge in [0.1, 0.15) is 12.4 Å². The molecule has 1 fully saturated rings. The lowest BCUT2D eigenvalue weighted by Crippen LogP contribution is -2.37. The molecule has 0 aromatic heterocycles. The Kier molecular flexibility index (Phi) is 5.45. The van der Waals surface area contributed by atoms with E-state index in [2.05, 4.69) is 17.2 Å². The number of amides is 1. The highest BCUT2D eigenvalue weighted by atomic mass is 32.2. The Morgan fingerprint density at radius 1 is 1.45 bits per heavy atom. The Morgan fingerprint density at radius 2 is 2.20 bits per heavy atom. The third-order valence-electron chi connectivity index (χ3n) is 3.08. The molecule has 1 amide bonds. The summed E-state index contributed by atoms with van der Waals surface area (Å²) in [6, 6.07) is 4.05. The second kappa shape index (κ2) is 7.32. The van der Waals surface area contributed by atoms with E-state index >= 15 is 0 Å². The molecular formula is C15H16FNO2S. The number of rotatable bonds is 2. The van der Waals surface area contributed by atoms with Crippen LogP contribution in [0.15, 0.2) is 18.2 Å². The van der Waals surface area contributed by atoms with Gasteiger partial charge in [-0.05, 0) is 42.5 Å². The summed E-state index contributed by atoms with van der Waals surface area (Å²) in [5, 5.41) is 11.7. The molecule has 1 aromatic rings. The smallest absolute Gasteiger partial charge is 0.252 e. The molecule has 5 heteroatoms. The van der Waals surface area contributed by atoms with Crippen molar-refractivity contribution in [1.29, 1.82) is 0 Å². The van der Waals surface area contributed by atoms with Crippen molar-refractivity contribution in [2.45, 2.75) is 18.9 Å². The van der Waals surface area contributed by atoms with Crippen LogP contribution in [0.5, 0.6) is 0 Å². The lowest BCUT2D eigenvalue weighted by atomic mass is 10.1. The Bertz CT molecular complexity index is 545. The van der Waals surface area contributed by atoms with Gasteiger partial charge in [-0.2, -0.15) is 11.8 Å². The van der Waals surface area contributed by atoms with Crippen molar-refractivity contribution in [1.82, 2.24) is 5.32 Å². The van der Waals surface area contributed by atoms with E-state index in [9.17, 15) is 9.18 Å². The number of halogens is 1. The Balaban J connectivity index is 2.16. The Morgan fingerprint density at radius 3 is 2.90 bits per heavy atom. The van der Waals surface area contributed by atoms with Crippen LogP contribution in [-0.2, 0) is 0 Å². The Hall–Kier alpha value is -1.51. The molecule has 1 heterocycles. The number of aliphatic hydroxyl groups is 1. The number of nitrogens with one attached hydrogen (secondary N) is 1. The fourth-order valence-corrected chi connectivity index (χ4v) is 3.16. The minimum absolute atomic E-state index is 0.144. The zero-order chi connectivity index (χ0) is 14.4. The van der Waals surface area contributed by atoms with E-state index in [1.807, 2.05) is 11.8 Å². The number of benzene rings is 1. The van der Waals surface area contributed by atoms with Crippen molar-refractivity contribution in [3.05, 3.63) is 35.1 Å². The third-order valence-corrected chi connectivity index (χ3v) is 4.13. The first-order chi connectivity index (χ1) is 9.70. The largest absolute Gasteiger partial charge is 0.384 e. The number of hydrogen-bond acceptors (Lipinski definition) is 3. The summed E-state index contributed by atoms with van der Waals surface area (Å²) in [6.45, 7) is -0.293. The van der Waals surface area contributed by atoms with Gasteiger partial charge in [0.15, 0.2) is 0 Å². The van der Waals surface area contributed by atoms with E-state index in [1.54, 1.807) is 0 Å². The maximum Gasteiger partial charge on any atom is 0.252 e. The van der Waals surface area contributed by atoms with Crippen LogP contribution in [0.3, 0.4) is 0 Å². The van der Waals surface area contributed by atoms with Gasteiger partial charge in [-0.1, -0.05) is 11.8 Å². The molecule has 1 aliphatic heterocycles. The molecule has 20 heavy (non-hydrogen) atoms. The summed E-state index contributed by atoms with van der Waals surface area (Å²) < 4.78 is 13.3. The topological polar surface area (TPSA) is 49.3 Å². The molecular weight excluding hydrogens is 277 g/mol. The molecule has 0 bridgehead atoms. The summed E-state index contributed by atoms with van der Waals surface area (Å²) in [6.07, 6.45) is 1.87. The first-order valence-corrected chi connectivity index (χ1v) is 7.64. The first kappa shape index (κ1) is 14.9. The molecule has 106 valence electrons. The van der Waals surface area contributed by atoms with Gasteiger partial charge in [0.25, 0.3) is 5.91 Å². The third kappa shape index (κ3) is 3.99. The summed E-state index contributed by atoms with van der Waals surface area (Å²) in [5.41, 5.74) is 0.660. The molecule has 0 radical (unpaired) electrons. The average molecular weight is 293 g/mol. The first-order valence-electron chi connectivity index (χ1n) is 6.48. The van der Waals surface area contributed by atoms with Gasteiger partial charge in [0.05, 0.1) is 5.56 Å². The molecule has 1 aromatic carbocycles. The minimum Gasteiger partial charge on any atom is -0.384 e. The standard InChI is InChI=1S/C15H16FNO2S/c16-12-4-3-11(2-1-7-18)14(10-12)15(19)17-13-5-8-20-9-6-13/h3-4,10,13,18H,5-9H2,(H,17,19). The van der Waals surface area contributed by atoms with Crippen LogP contribution in [0, 0.1) is 17.7 Å². The molecule has 1 aliphatic rings. The fraction of sp³-hybridized carbons (Fsp3) is 0.400. The van der Waals surface area contributed by atoms with Gasteiger partial charge >= 0.3 is 0 Å². The van der Waals surface area contributed by atoms with Crippen molar-refractivity contribution >= 4 is 17.7 Å². The van der Waals surface area contributed by atoms with Gasteiger partial charge in [0.2, 0.25) is 0 Å². The van der Waals surface area contributed by atoms with E-state index in [4.69, 9.17) is 5.11 Å². The zero-order valence-electron chi connectivity index (χ0n) is 11.0. The van der Waals surface area contributed by atoms with Crippen molar-refractivity contribution in [2.24, 2.45) is 0 Å². The van der Waals surface area contributed by atoms with Crippen molar-refractivity contribution in [3.8, 4) is 11.8 Å². The summed E-state index contributed by atoms with van der Waals surface area (Å²) in [7, 11) is 0. The quantitative estimate of drug-likeness (QED) is 0.818. The van der Waals surface area contributed by atoms with Crippen LogP contribution in [-0.4, -0.2) is 35.2 Å². The van der Waals surface area contributed by atoms with Crippen LogP contribution in [0.25, 0.3) is 0 Å². The molecule has 0 spiro atoms. The average Bonchev–Trinajstić information content (AvgIpc) is 2.47. The summed E-state index contributed by atoms with van der Waals surface area (Å²) in [5.74, 6) is 6.45. The molecule has 2 rings (SSSR count). The molecule has 0 atom stereocenters. The molecule has 3 nitrogen and oxygen atoms in total. The second-order valence-electron chi connectivity index (χ2n) is 4.51. The van der Waals surface area contributed by atoms with E-state index in [1.165, 1.54) is 18.2 Å². The van der Waals surface area contributed by atoms with Gasteiger partial charge in [0, 0.05) is 11.6 Å². The van der Waals surface area contributed by atoms with Crippen molar-refractivity contribution in [2.75, 3.05) is 18.1 Å². The summed E-state index contributed by atoms with van der Waals surface area (Å²) >= 11 is 1.88. The fourth-order valence-electron chi connectivity index (χ4n) is 2.05. The predicted octanol–water partition coefficient (Wildman–Crippen LogP) is 1.79. The molecule has 0 saturated carbocycles. The highest BCUT2D eigenvalue weighted by Crippen LogP contribution is 2.18. The normalized spacial score (nSPS) is 15.3. The Labute approximate surface area is 122 Å². The number of thioether (sulfide) groups is 1. The van der Waals surface area contributed by atoms with Gasteiger partial charge < -0.3 is 10.4 Å². The van der Waals surface area contributed by atoms with Crippen LogP contribution in [0.2, 0.25) is 0 Å². The zero-order valence-corrected chi connectivity index (χ0v) is 11.8. The van der Waals surface area contributed by atoms with Crippen LogP contribution in [0.1, 0.15) is 28.8 Å². The molecule has 1 saturated heterocycles. The van der Waals surface area contributed by atoms with Gasteiger partial charge in [-0.3, -0.25) is 4.79 Å². The lowest BCUT2D eigenvalue weighted by Gasteiger charge is -2.22. The maximum absolute atomic E-state index is 13.3. The van der Waals surface area contributed by atoms with Crippen molar-refractivity contribution in [3.63, 3.8) is 0 Å². The van der Waals surface area contributed by atoms with Gasteiger partial charge in [-0.25, -0.2) is 4.39 Å². The molecule has 0 unspecified atom stereocenters. The predicted molar refractivity (Wildman–Crippen MR) is 78.2 cm³/mol. The maximum atomic E-state index is 13.3. The molecule has 0 aliphatic carbocycles. The number of aliphatic hydroxyl groups excluding tert-OH is 1. The highest BCUT2D eigenvalue weighted by Gasteiger charge is 2.18. The monoisotopic (exact) mass is 293 g/mol. The van der Waals surface area contributed by atoms with E-state index < -0.39 is 5.82 Å². The van der Waals surface area contributed by atoms with Crippen LogP contribution < -0.4 is 5.32 Å². The lowest BCUT2D eigenvalue weighted by molar-refractivity contribution is 0.0934. The number of carbonyl (C=O) groups excluding carboxylic acids is 1. The summed E-state index contributed by atoms with van der Waals surface area (Å²) in [4.78, 5) is 12.2. The minimum atomic E-state index is -0.469. The van der Waals surface area contributed by atoms with E-state index in [-0.39, 0.29) is 24.1 Å². The van der Waals surface area contributed by atoms with Crippen LogP contribution >= 0.6 is 11.8 Å². The van der Waals surface area contributed by atoms with Crippen molar-refractivity contribution < 1.29 is 14.3 Å². The van der Waals surface area contributed by atoms with Gasteiger partial charge in [-0.15, -0.1) is 0 Å². The number of carbonyl (C=O) groups is 1. The second-order valence-corrected chi connectivity index (χ2v) is 5.73. The van der Waals surface area contributed by atoms with E-state index in [0.29, 0.717) is 5.56 Å². The molecule has 2 N–H and O–H groups in total. The van der Waals surface area contributed by atoms with E-state index in [0.717, 1.165) is 24.3 Å². The number of hydrogen-bond donors (Lipinski definition) is 2.